The third kappa shape index (κ3) is 3.80. The number of rotatable bonds is 2. The van der Waals surface area contributed by atoms with Gasteiger partial charge < -0.3 is 9.13 Å². The molecule has 0 bridgehead atoms. The van der Waals surface area contributed by atoms with Gasteiger partial charge in [-0.3, -0.25) is 0 Å². The second kappa shape index (κ2) is 9.79. The second-order valence-corrected chi connectivity index (χ2v) is 16.7. The number of hydrogen-bond acceptors (Lipinski definition) is 0. The highest BCUT2D eigenvalue weighted by atomic mass is 15.0. The Balaban J connectivity index is 1.17. The van der Waals surface area contributed by atoms with Crippen molar-refractivity contribution in [3.8, 4) is 11.4 Å². The first-order chi connectivity index (χ1) is 23.9. The SMILES string of the molecule is Cc1ccc2c(c1)c1cc(C)ccc1n2-c1ccc2c(c1)C1C(c3cc(-n4c5ccc(C)cc5c5cc(C)ccc54)ccc3C1(C)C)C2(C)C. The molecule has 0 saturated carbocycles. The summed E-state index contributed by atoms with van der Waals surface area (Å²) in [5, 5.41) is 5.33. The Kier molecular flexibility index (Phi) is 5.83. The molecule has 0 saturated heterocycles. The van der Waals surface area contributed by atoms with Crippen molar-refractivity contribution in [3.05, 3.63) is 154 Å². The van der Waals surface area contributed by atoms with Crippen LogP contribution in [0, 0.1) is 27.7 Å². The number of aromatic nitrogens is 2. The largest absolute Gasteiger partial charge is 0.309 e. The molecule has 2 heteroatoms. The first-order valence-corrected chi connectivity index (χ1v) is 18.3. The molecular weight excluding hydrogens is 605 g/mol. The second-order valence-electron chi connectivity index (χ2n) is 16.7. The minimum atomic E-state index is -0.0101. The fraction of sp³-hybridized carbons (Fsp3) is 0.250. The van der Waals surface area contributed by atoms with E-state index in [-0.39, 0.29) is 10.8 Å². The molecule has 10 rings (SSSR count). The summed E-state index contributed by atoms with van der Waals surface area (Å²) in [6, 6.07) is 42.5. The number of benzene rings is 6. The van der Waals surface area contributed by atoms with Gasteiger partial charge in [-0.25, -0.2) is 0 Å². The quantitative estimate of drug-likeness (QED) is 0.177. The Morgan fingerprint density at radius 3 is 0.980 bits per heavy atom. The van der Waals surface area contributed by atoms with Crippen LogP contribution in [-0.4, -0.2) is 9.13 Å². The lowest BCUT2D eigenvalue weighted by Gasteiger charge is -2.31. The zero-order valence-corrected chi connectivity index (χ0v) is 30.4. The lowest BCUT2D eigenvalue weighted by Crippen LogP contribution is -2.25. The minimum absolute atomic E-state index is 0.0101. The molecule has 0 radical (unpaired) electrons. The van der Waals surface area contributed by atoms with Crippen molar-refractivity contribution < 1.29 is 0 Å². The van der Waals surface area contributed by atoms with E-state index in [2.05, 4.69) is 174 Å². The standard InChI is InChI=1S/C48H44N2/c1-27-9-17-41-33(21-27)34-22-28(2)10-18-42(34)49(41)31-13-15-39-37(25-31)45-46(47(39,5)6)38-26-32(14-16-40(38)48(45,7)8)50-43-19-11-29(3)23-35(43)36-24-30(4)12-20-44(36)50/h9-26,45-46H,1-8H3. The van der Waals surface area contributed by atoms with Gasteiger partial charge in [0.25, 0.3) is 0 Å². The molecule has 0 N–H and O–H groups in total. The molecule has 246 valence electrons. The van der Waals surface area contributed by atoms with Gasteiger partial charge >= 0.3 is 0 Å². The van der Waals surface area contributed by atoms with Crippen molar-refractivity contribution in [1.29, 1.82) is 0 Å². The molecule has 0 spiro atoms. The molecular formula is C48H44N2. The van der Waals surface area contributed by atoms with Gasteiger partial charge in [-0.15, -0.1) is 0 Å². The minimum Gasteiger partial charge on any atom is -0.309 e. The fourth-order valence-electron chi connectivity index (χ4n) is 10.4. The van der Waals surface area contributed by atoms with Crippen LogP contribution in [0.1, 0.15) is 84.0 Å². The average Bonchev–Trinajstić information content (AvgIpc) is 3.73. The molecule has 0 aliphatic heterocycles. The van der Waals surface area contributed by atoms with E-state index in [9.17, 15) is 0 Å². The first kappa shape index (κ1) is 29.8. The van der Waals surface area contributed by atoms with E-state index in [0.717, 1.165) is 0 Å². The van der Waals surface area contributed by atoms with Crippen molar-refractivity contribution in [2.24, 2.45) is 0 Å². The van der Waals surface area contributed by atoms with Crippen LogP contribution in [0.15, 0.2) is 109 Å². The topological polar surface area (TPSA) is 9.86 Å². The fourth-order valence-corrected chi connectivity index (χ4v) is 10.4. The van der Waals surface area contributed by atoms with E-state index in [4.69, 9.17) is 0 Å². The molecule has 2 aliphatic rings. The Morgan fingerprint density at radius 2 is 0.680 bits per heavy atom. The van der Waals surface area contributed by atoms with Gasteiger partial charge in [0.05, 0.1) is 22.1 Å². The van der Waals surface area contributed by atoms with E-state index in [1.165, 1.54) is 99.5 Å². The predicted molar refractivity (Wildman–Crippen MR) is 212 cm³/mol. The lowest BCUT2D eigenvalue weighted by atomic mass is 9.72. The van der Waals surface area contributed by atoms with E-state index >= 15 is 0 Å². The molecule has 2 unspecified atom stereocenters. The monoisotopic (exact) mass is 648 g/mol. The normalized spacial score (nSPS) is 18.7. The van der Waals surface area contributed by atoms with Crippen LogP contribution in [0.5, 0.6) is 0 Å². The first-order valence-electron chi connectivity index (χ1n) is 18.3. The Bertz CT molecular complexity index is 2450. The molecule has 6 aromatic carbocycles. The van der Waals surface area contributed by atoms with Crippen LogP contribution < -0.4 is 0 Å². The Morgan fingerprint density at radius 1 is 0.380 bits per heavy atom. The van der Waals surface area contributed by atoms with Gasteiger partial charge in [-0.2, -0.15) is 0 Å². The zero-order chi connectivity index (χ0) is 34.4. The Labute approximate surface area is 295 Å². The molecule has 0 fully saturated rings. The molecule has 2 atom stereocenters. The number of hydrogen-bond donors (Lipinski definition) is 0. The maximum Gasteiger partial charge on any atom is 0.0541 e. The highest BCUT2D eigenvalue weighted by Gasteiger charge is 2.58. The van der Waals surface area contributed by atoms with Gasteiger partial charge in [-0.05, 0) is 134 Å². The summed E-state index contributed by atoms with van der Waals surface area (Å²) >= 11 is 0. The number of nitrogens with zero attached hydrogens (tertiary/aromatic N) is 2. The van der Waals surface area contributed by atoms with Crippen LogP contribution in [0.4, 0.5) is 0 Å². The van der Waals surface area contributed by atoms with Gasteiger partial charge in [0.2, 0.25) is 0 Å². The van der Waals surface area contributed by atoms with Gasteiger partial charge in [0.15, 0.2) is 0 Å². The van der Waals surface area contributed by atoms with Crippen LogP contribution >= 0.6 is 0 Å². The third-order valence-electron chi connectivity index (χ3n) is 12.7. The number of fused-ring (bicyclic) bond motifs is 11. The summed E-state index contributed by atoms with van der Waals surface area (Å²) < 4.78 is 5.01. The molecule has 50 heavy (non-hydrogen) atoms. The predicted octanol–water partition coefficient (Wildman–Crippen LogP) is 12.6. The molecule has 2 aliphatic carbocycles. The van der Waals surface area contributed by atoms with Gasteiger partial charge in [0, 0.05) is 44.8 Å². The van der Waals surface area contributed by atoms with Crippen LogP contribution in [0.25, 0.3) is 55.0 Å². The summed E-state index contributed by atoms with van der Waals surface area (Å²) in [5.74, 6) is 0.775. The van der Waals surface area contributed by atoms with Crippen LogP contribution in [0.2, 0.25) is 0 Å². The highest BCUT2D eigenvalue weighted by Crippen LogP contribution is 2.67. The summed E-state index contributed by atoms with van der Waals surface area (Å²) in [6.45, 7) is 18.8. The summed E-state index contributed by atoms with van der Waals surface area (Å²) in [6.07, 6.45) is 0. The Hall–Kier alpha value is -5.08. The molecule has 0 amide bonds. The van der Waals surface area contributed by atoms with E-state index < -0.39 is 0 Å². The maximum atomic E-state index is 2.55. The third-order valence-corrected chi connectivity index (χ3v) is 12.7. The van der Waals surface area contributed by atoms with E-state index in [1.807, 2.05) is 0 Å². The summed E-state index contributed by atoms with van der Waals surface area (Å²) in [5.41, 5.74) is 18.8. The molecule has 2 aromatic heterocycles. The van der Waals surface area contributed by atoms with E-state index in [1.54, 1.807) is 0 Å². The van der Waals surface area contributed by atoms with Gasteiger partial charge in [-0.1, -0.05) is 86.3 Å². The lowest BCUT2D eigenvalue weighted by molar-refractivity contribution is 0.349. The van der Waals surface area contributed by atoms with Crippen LogP contribution in [-0.2, 0) is 10.8 Å². The van der Waals surface area contributed by atoms with Crippen molar-refractivity contribution in [3.63, 3.8) is 0 Å². The smallest absolute Gasteiger partial charge is 0.0541 e. The van der Waals surface area contributed by atoms with Gasteiger partial charge in [0.1, 0.15) is 0 Å². The van der Waals surface area contributed by atoms with Crippen molar-refractivity contribution in [2.45, 2.75) is 78.1 Å². The average molecular weight is 649 g/mol. The molecule has 8 aromatic rings. The van der Waals surface area contributed by atoms with E-state index in [0.29, 0.717) is 11.8 Å². The van der Waals surface area contributed by atoms with Crippen molar-refractivity contribution >= 4 is 43.6 Å². The highest BCUT2D eigenvalue weighted by molar-refractivity contribution is 6.10. The summed E-state index contributed by atoms with van der Waals surface area (Å²) in [4.78, 5) is 0. The zero-order valence-electron chi connectivity index (χ0n) is 30.4. The maximum absolute atomic E-state index is 2.55. The summed E-state index contributed by atoms with van der Waals surface area (Å²) in [7, 11) is 0. The van der Waals surface area contributed by atoms with Crippen molar-refractivity contribution in [2.75, 3.05) is 0 Å². The number of aryl methyl sites for hydroxylation is 4. The molecule has 2 nitrogen and oxygen atoms in total. The molecule has 2 heterocycles. The van der Waals surface area contributed by atoms with Crippen LogP contribution in [0.3, 0.4) is 0 Å². The van der Waals surface area contributed by atoms with Crippen molar-refractivity contribution in [1.82, 2.24) is 9.13 Å².